The lowest BCUT2D eigenvalue weighted by Gasteiger charge is -2.09. The molecule has 0 saturated carbocycles. The maximum Gasteiger partial charge on any atom is 0.234 e. The molecule has 3 aromatic rings. The minimum Gasteiger partial charge on any atom is -0.369 e. The Morgan fingerprint density at radius 2 is 1.74 bits per heavy atom. The van der Waals surface area contributed by atoms with Crippen LogP contribution in [-0.4, -0.2) is 38.5 Å². The highest BCUT2D eigenvalue weighted by atomic mass is 32.2. The average molecular weight is 400 g/mol. The van der Waals surface area contributed by atoms with E-state index in [0.29, 0.717) is 16.7 Å². The van der Waals surface area contributed by atoms with Gasteiger partial charge in [0.2, 0.25) is 17.0 Å². The number of primary amides is 1. The highest BCUT2D eigenvalue weighted by molar-refractivity contribution is 8.00. The van der Waals surface area contributed by atoms with Gasteiger partial charge in [-0.05, 0) is 12.1 Å². The summed E-state index contributed by atoms with van der Waals surface area (Å²) in [5, 5.41) is 10.3. The van der Waals surface area contributed by atoms with Crippen molar-refractivity contribution < 1.29 is 9.59 Å². The van der Waals surface area contributed by atoms with E-state index >= 15 is 0 Å². The summed E-state index contributed by atoms with van der Waals surface area (Å²) in [5.74, 6) is 0.391. The van der Waals surface area contributed by atoms with Crippen LogP contribution in [0.2, 0.25) is 0 Å². The van der Waals surface area contributed by atoms with Gasteiger partial charge in [0.25, 0.3) is 0 Å². The number of aromatic nitrogens is 3. The summed E-state index contributed by atoms with van der Waals surface area (Å²) < 4.78 is 0. The summed E-state index contributed by atoms with van der Waals surface area (Å²) in [6.45, 7) is 0. The lowest BCUT2D eigenvalue weighted by atomic mass is 10.2. The number of rotatable bonds is 8. The third-order valence-corrected chi connectivity index (χ3v) is 5.32. The van der Waals surface area contributed by atoms with Crippen LogP contribution >= 0.6 is 23.5 Å². The second-order valence-corrected chi connectivity index (χ2v) is 7.38. The zero-order valence-corrected chi connectivity index (χ0v) is 15.8. The van der Waals surface area contributed by atoms with E-state index in [1.165, 1.54) is 23.5 Å². The summed E-state index contributed by atoms with van der Waals surface area (Å²) in [6.07, 6.45) is 0. The van der Waals surface area contributed by atoms with Crippen molar-refractivity contribution in [2.45, 2.75) is 10.1 Å². The summed E-state index contributed by atoms with van der Waals surface area (Å²) >= 11 is 2.53. The molecular formula is C18H17N5O2S2. The maximum absolute atomic E-state index is 12.3. The van der Waals surface area contributed by atoms with Crippen LogP contribution in [0.1, 0.15) is 0 Å². The average Bonchev–Trinajstić information content (AvgIpc) is 3.15. The quantitative estimate of drug-likeness (QED) is 0.502. The first-order valence-corrected chi connectivity index (χ1v) is 9.99. The molecule has 138 valence electrons. The number of nitrogens with one attached hydrogen (secondary N) is 2. The van der Waals surface area contributed by atoms with Crippen molar-refractivity contribution in [2.75, 3.05) is 16.8 Å². The summed E-state index contributed by atoms with van der Waals surface area (Å²) in [4.78, 5) is 28.4. The predicted molar refractivity (Wildman–Crippen MR) is 108 cm³/mol. The number of H-pyrrole nitrogens is 1. The van der Waals surface area contributed by atoms with Gasteiger partial charge in [-0.15, -0.1) is 16.9 Å². The normalized spacial score (nSPS) is 10.5. The summed E-state index contributed by atoms with van der Waals surface area (Å²) in [5.41, 5.74) is 6.76. The molecule has 0 bridgehead atoms. The Morgan fingerprint density at radius 3 is 2.52 bits per heavy atom. The first-order chi connectivity index (χ1) is 13.1. The highest BCUT2D eigenvalue weighted by Gasteiger charge is 2.11. The molecule has 0 radical (unpaired) electrons. The van der Waals surface area contributed by atoms with E-state index in [4.69, 9.17) is 5.73 Å². The van der Waals surface area contributed by atoms with Crippen molar-refractivity contribution in [1.82, 2.24) is 15.2 Å². The molecule has 0 aliphatic heterocycles. The molecule has 2 amide bonds. The number of anilines is 1. The molecule has 3 rings (SSSR count). The fourth-order valence-corrected chi connectivity index (χ4v) is 3.54. The number of carbonyl (C=O) groups excluding carboxylic acids is 2. The van der Waals surface area contributed by atoms with Crippen LogP contribution in [0.3, 0.4) is 0 Å². The molecule has 0 atom stereocenters. The minimum absolute atomic E-state index is 0.154. The molecule has 2 aromatic carbocycles. The van der Waals surface area contributed by atoms with Crippen LogP contribution in [0, 0.1) is 0 Å². The molecule has 9 heteroatoms. The number of para-hydroxylation sites is 1. The second-order valence-electron chi connectivity index (χ2n) is 5.42. The molecule has 0 fully saturated rings. The Hall–Kier alpha value is -2.78. The Kier molecular flexibility index (Phi) is 6.50. The number of amides is 2. The van der Waals surface area contributed by atoms with Crippen molar-refractivity contribution >= 4 is 41.0 Å². The SMILES string of the molecule is NC(=O)CSc1ccccc1NC(=O)CSc1n[nH]c(-c2ccccc2)n1. The summed E-state index contributed by atoms with van der Waals surface area (Å²) in [6, 6.07) is 16.9. The van der Waals surface area contributed by atoms with E-state index in [-0.39, 0.29) is 17.4 Å². The van der Waals surface area contributed by atoms with Crippen molar-refractivity contribution in [1.29, 1.82) is 0 Å². The van der Waals surface area contributed by atoms with Crippen LogP contribution in [0.4, 0.5) is 5.69 Å². The molecule has 27 heavy (non-hydrogen) atoms. The van der Waals surface area contributed by atoms with E-state index in [9.17, 15) is 9.59 Å². The lowest BCUT2D eigenvalue weighted by molar-refractivity contribution is -0.115. The van der Waals surface area contributed by atoms with Crippen molar-refractivity contribution in [3.63, 3.8) is 0 Å². The van der Waals surface area contributed by atoms with E-state index in [1.54, 1.807) is 6.07 Å². The van der Waals surface area contributed by atoms with Gasteiger partial charge < -0.3 is 11.1 Å². The maximum atomic E-state index is 12.3. The topological polar surface area (TPSA) is 114 Å². The molecule has 0 aliphatic rings. The number of hydrogen-bond acceptors (Lipinski definition) is 6. The van der Waals surface area contributed by atoms with Crippen LogP contribution in [0.5, 0.6) is 0 Å². The molecule has 0 spiro atoms. The lowest BCUT2D eigenvalue weighted by Crippen LogP contribution is -2.16. The molecule has 0 unspecified atom stereocenters. The first-order valence-electron chi connectivity index (χ1n) is 8.02. The van der Waals surface area contributed by atoms with Crippen LogP contribution in [-0.2, 0) is 9.59 Å². The van der Waals surface area contributed by atoms with Gasteiger partial charge >= 0.3 is 0 Å². The Balaban J connectivity index is 1.56. The van der Waals surface area contributed by atoms with E-state index in [2.05, 4.69) is 20.5 Å². The van der Waals surface area contributed by atoms with Gasteiger partial charge in [0.1, 0.15) is 0 Å². The largest absolute Gasteiger partial charge is 0.369 e. The molecule has 0 aliphatic carbocycles. The van der Waals surface area contributed by atoms with E-state index in [0.717, 1.165) is 10.5 Å². The van der Waals surface area contributed by atoms with Gasteiger partial charge in [0.05, 0.1) is 17.2 Å². The monoisotopic (exact) mass is 399 g/mol. The highest BCUT2D eigenvalue weighted by Crippen LogP contribution is 2.27. The van der Waals surface area contributed by atoms with Crippen LogP contribution in [0.25, 0.3) is 11.4 Å². The number of nitrogens with zero attached hydrogens (tertiary/aromatic N) is 2. The van der Waals surface area contributed by atoms with Crippen molar-refractivity contribution in [3.05, 3.63) is 54.6 Å². The predicted octanol–water partition coefficient (Wildman–Crippen LogP) is 2.78. The van der Waals surface area contributed by atoms with Crippen molar-refractivity contribution in [3.8, 4) is 11.4 Å². The van der Waals surface area contributed by atoms with Gasteiger partial charge in [-0.25, -0.2) is 4.98 Å². The molecule has 1 aromatic heterocycles. The Morgan fingerprint density at radius 1 is 1.00 bits per heavy atom. The zero-order valence-electron chi connectivity index (χ0n) is 14.2. The number of nitrogens with two attached hydrogens (primary N) is 1. The van der Waals surface area contributed by atoms with Crippen LogP contribution < -0.4 is 11.1 Å². The molecule has 0 saturated heterocycles. The van der Waals surface area contributed by atoms with Gasteiger partial charge in [0.15, 0.2) is 5.82 Å². The number of hydrogen-bond donors (Lipinski definition) is 3. The number of aromatic amines is 1. The fourth-order valence-electron chi connectivity index (χ4n) is 2.20. The van der Waals surface area contributed by atoms with Gasteiger partial charge in [-0.3, -0.25) is 14.7 Å². The fraction of sp³-hybridized carbons (Fsp3) is 0.111. The Labute approximate surface area is 164 Å². The van der Waals surface area contributed by atoms with Gasteiger partial charge in [-0.2, -0.15) is 0 Å². The standard InChI is InChI=1S/C18H17N5O2S2/c19-15(24)10-26-14-9-5-4-8-13(14)20-16(25)11-27-18-21-17(22-23-18)12-6-2-1-3-7-12/h1-9H,10-11H2,(H2,19,24)(H,20,25)(H,21,22,23). The molecule has 7 nitrogen and oxygen atoms in total. The van der Waals surface area contributed by atoms with E-state index < -0.39 is 5.91 Å². The van der Waals surface area contributed by atoms with Gasteiger partial charge in [0, 0.05) is 10.5 Å². The van der Waals surface area contributed by atoms with Gasteiger partial charge in [-0.1, -0.05) is 54.2 Å². The first kappa shape index (κ1) is 19.0. The van der Waals surface area contributed by atoms with Crippen LogP contribution in [0.15, 0.2) is 64.6 Å². The zero-order chi connectivity index (χ0) is 19.1. The number of thioether (sulfide) groups is 2. The minimum atomic E-state index is -0.407. The third kappa shape index (κ3) is 5.60. The van der Waals surface area contributed by atoms with Crippen molar-refractivity contribution in [2.24, 2.45) is 5.73 Å². The smallest absolute Gasteiger partial charge is 0.234 e. The number of benzene rings is 2. The summed E-state index contributed by atoms with van der Waals surface area (Å²) in [7, 11) is 0. The van der Waals surface area contributed by atoms with E-state index in [1.807, 2.05) is 48.5 Å². The number of carbonyl (C=O) groups is 2. The third-order valence-electron chi connectivity index (χ3n) is 3.38. The Bertz CT molecular complexity index is 930. The molecular weight excluding hydrogens is 382 g/mol. The second kappa shape index (κ2) is 9.24. The molecule has 4 N–H and O–H groups in total. The molecule has 1 heterocycles.